The standard InChI is InChI=1S/C20H21F3N2O3/c1-12-4-5-13(2)18(14(12)3)28-11-17(26)25-16-8-6-15(7-9-16)10-24-19(27)20(21,22)23/h4-9H,10-11H2,1-3H3,(H,24,27)(H,25,26). The summed E-state index contributed by atoms with van der Waals surface area (Å²) in [6, 6.07) is 10.0. The van der Waals surface area contributed by atoms with E-state index in [-0.39, 0.29) is 19.1 Å². The van der Waals surface area contributed by atoms with Crippen LogP contribution in [-0.4, -0.2) is 24.6 Å². The van der Waals surface area contributed by atoms with E-state index in [9.17, 15) is 22.8 Å². The molecule has 8 heteroatoms. The molecule has 0 radical (unpaired) electrons. The van der Waals surface area contributed by atoms with Gasteiger partial charge in [-0.05, 0) is 55.2 Å². The monoisotopic (exact) mass is 394 g/mol. The number of hydrogen-bond donors (Lipinski definition) is 2. The van der Waals surface area contributed by atoms with Crippen LogP contribution in [0.3, 0.4) is 0 Å². The van der Waals surface area contributed by atoms with Gasteiger partial charge in [0.25, 0.3) is 5.91 Å². The van der Waals surface area contributed by atoms with E-state index < -0.39 is 12.1 Å². The van der Waals surface area contributed by atoms with Gasteiger partial charge in [0.05, 0.1) is 0 Å². The largest absolute Gasteiger partial charge is 0.483 e. The van der Waals surface area contributed by atoms with Crippen molar-refractivity contribution in [3.05, 3.63) is 58.7 Å². The van der Waals surface area contributed by atoms with Gasteiger partial charge in [-0.25, -0.2) is 0 Å². The predicted octanol–water partition coefficient (Wildman–Crippen LogP) is 3.81. The number of anilines is 1. The van der Waals surface area contributed by atoms with E-state index in [1.165, 1.54) is 24.3 Å². The summed E-state index contributed by atoms with van der Waals surface area (Å²) in [5, 5.41) is 4.43. The molecule has 0 unspecified atom stereocenters. The van der Waals surface area contributed by atoms with Crippen LogP contribution in [0.1, 0.15) is 22.3 Å². The Balaban J connectivity index is 1.88. The lowest BCUT2D eigenvalue weighted by Crippen LogP contribution is -2.36. The predicted molar refractivity (Wildman–Crippen MR) is 99.1 cm³/mol. The second-order valence-corrected chi connectivity index (χ2v) is 6.37. The van der Waals surface area contributed by atoms with Gasteiger partial charge < -0.3 is 15.4 Å². The van der Waals surface area contributed by atoms with E-state index in [0.29, 0.717) is 17.0 Å². The Kier molecular flexibility index (Phi) is 6.66. The zero-order chi connectivity index (χ0) is 20.9. The molecule has 2 aromatic carbocycles. The Morgan fingerprint density at radius 2 is 1.57 bits per heavy atom. The van der Waals surface area contributed by atoms with Gasteiger partial charge in [0, 0.05) is 12.2 Å². The Morgan fingerprint density at radius 1 is 0.964 bits per heavy atom. The number of carbonyl (C=O) groups is 2. The highest BCUT2D eigenvalue weighted by molar-refractivity contribution is 5.91. The first-order chi connectivity index (χ1) is 13.1. The van der Waals surface area contributed by atoms with E-state index >= 15 is 0 Å². The van der Waals surface area contributed by atoms with Crippen molar-refractivity contribution in [3.8, 4) is 5.75 Å². The fraction of sp³-hybridized carbons (Fsp3) is 0.300. The van der Waals surface area contributed by atoms with Crippen molar-refractivity contribution in [1.82, 2.24) is 5.32 Å². The zero-order valence-corrected chi connectivity index (χ0v) is 15.7. The highest BCUT2D eigenvalue weighted by atomic mass is 19.4. The molecule has 0 saturated heterocycles. The maximum absolute atomic E-state index is 12.2. The van der Waals surface area contributed by atoms with Crippen LogP contribution in [0.2, 0.25) is 0 Å². The summed E-state index contributed by atoms with van der Waals surface area (Å²) < 4.78 is 42.1. The molecule has 0 heterocycles. The molecule has 150 valence electrons. The summed E-state index contributed by atoms with van der Waals surface area (Å²) in [5.41, 5.74) is 3.91. The van der Waals surface area contributed by atoms with Crippen LogP contribution in [0.4, 0.5) is 18.9 Å². The molecule has 0 atom stereocenters. The zero-order valence-electron chi connectivity index (χ0n) is 15.7. The molecule has 5 nitrogen and oxygen atoms in total. The van der Waals surface area contributed by atoms with Crippen molar-refractivity contribution in [2.75, 3.05) is 11.9 Å². The number of halogens is 3. The summed E-state index contributed by atoms with van der Waals surface area (Å²) in [4.78, 5) is 22.9. The van der Waals surface area contributed by atoms with Crippen molar-refractivity contribution in [3.63, 3.8) is 0 Å². The molecule has 2 aromatic rings. The van der Waals surface area contributed by atoms with E-state index in [0.717, 1.165) is 16.7 Å². The van der Waals surface area contributed by atoms with Gasteiger partial charge >= 0.3 is 12.1 Å². The number of amides is 2. The molecular weight excluding hydrogens is 373 g/mol. The lowest BCUT2D eigenvalue weighted by Gasteiger charge is -2.14. The third-order valence-corrected chi connectivity index (χ3v) is 4.17. The SMILES string of the molecule is Cc1ccc(C)c(OCC(=O)Nc2ccc(CNC(=O)C(F)(F)F)cc2)c1C. The molecule has 0 aliphatic heterocycles. The Morgan fingerprint density at radius 3 is 2.18 bits per heavy atom. The van der Waals surface area contributed by atoms with Gasteiger partial charge in [-0.3, -0.25) is 9.59 Å². The molecule has 2 N–H and O–H groups in total. The summed E-state index contributed by atoms with van der Waals surface area (Å²) in [7, 11) is 0. The average molecular weight is 394 g/mol. The smallest absolute Gasteiger partial charge is 0.471 e. The van der Waals surface area contributed by atoms with Crippen LogP contribution in [0.15, 0.2) is 36.4 Å². The molecular formula is C20H21F3N2O3. The number of nitrogens with one attached hydrogen (secondary N) is 2. The van der Waals surface area contributed by atoms with Crippen molar-refractivity contribution in [2.45, 2.75) is 33.5 Å². The lowest BCUT2D eigenvalue weighted by molar-refractivity contribution is -0.173. The molecule has 28 heavy (non-hydrogen) atoms. The summed E-state index contributed by atoms with van der Waals surface area (Å²) in [6.45, 7) is 5.35. The first kappa shape index (κ1) is 21.3. The van der Waals surface area contributed by atoms with Gasteiger partial charge in [0.1, 0.15) is 5.75 Å². The third-order valence-electron chi connectivity index (χ3n) is 4.17. The highest BCUT2D eigenvalue weighted by Gasteiger charge is 2.38. The van der Waals surface area contributed by atoms with Crippen LogP contribution in [0, 0.1) is 20.8 Å². The molecule has 2 rings (SSSR count). The summed E-state index contributed by atoms with van der Waals surface area (Å²) >= 11 is 0. The van der Waals surface area contributed by atoms with Crippen molar-refractivity contribution >= 4 is 17.5 Å². The van der Waals surface area contributed by atoms with Crippen LogP contribution in [0.5, 0.6) is 5.75 Å². The number of benzene rings is 2. The normalized spacial score (nSPS) is 11.1. The van der Waals surface area contributed by atoms with Crippen LogP contribution in [0.25, 0.3) is 0 Å². The van der Waals surface area contributed by atoms with Gasteiger partial charge in [-0.1, -0.05) is 24.3 Å². The number of carbonyl (C=O) groups excluding carboxylic acids is 2. The second kappa shape index (κ2) is 8.77. The van der Waals surface area contributed by atoms with Gasteiger partial charge in [-0.15, -0.1) is 0 Å². The summed E-state index contributed by atoms with van der Waals surface area (Å²) in [6.07, 6.45) is -4.91. The first-order valence-corrected chi connectivity index (χ1v) is 8.51. The molecule has 0 fully saturated rings. The maximum atomic E-state index is 12.2. The minimum Gasteiger partial charge on any atom is -0.483 e. The molecule has 0 aromatic heterocycles. The summed E-state index contributed by atoms with van der Waals surface area (Å²) in [5.74, 6) is -1.69. The highest BCUT2D eigenvalue weighted by Crippen LogP contribution is 2.25. The second-order valence-electron chi connectivity index (χ2n) is 6.37. The Bertz CT molecular complexity index is 862. The number of aryl methyl sites for hydroxylation is 2. The van der Waals surface area contributed by atoms with Crippen molar-refractivity contribution < 1.29 is 27.5 Å². The number of rotatable bonds is 6. The Hall–Kier alpha value is -3.03. The van der Waals surface area contributed by atoms with Crippen molar-refractivity contribution in [1.29, 1.82) is 0 Å². The number of hydrogen-bond acceptors (Lipinski definition) is 3. The van der Waals surface area contributed by atoms with Crippen molar-refractivity contribution in [2.24, 2.45) is 0 Å². The number of alkyl halides is 3. The van der Waals surface area contributed by atoms with E-state index in [4.69, 9.17) is 4.74 Å². The lowest BCUT2D eigenvalue weighted by atomic mass is 10.1. The topological polar surface area (TPSA) is 67.4 Å². The quantitative estimate of drug-likeness (QED) is 0.783. The molecule has 0 saturated carbocycles. The average Bonchev–Trinajstić information content (AvgIpc) is 2.63. The minimum absolute atomic E-state index is 0.172. The molecule has 0 spiro atoms. The Labute approximate surface area is 160 Å². The van der Waals surface area contributed by atoms with Gasteiger partial charge in [-0.2, -0.15) is 13.2 Å². The van der Waals surface area contributed by atoms with Crippen LogP contribution in [-0.2, 0) is 16.1 Å². The van der Waals surface area contributed by atoms with E-state index in [2.05, 4.69) is 5.32 Å². The minimum atomic E-state index is -4.91. The fourth-order valence-electron chi connectivity index (χ4n) is 2.47. The van der Waals surface area contributed by atoms with Crippen LogP contribution >= 0.6 is 0 Å². The van der Waals surface area contributed by atoms with Crippen LogP contribution < -0.4 is 15.4 Å². The molecule has 0 aliphatic carbocycles. The van der Waals surface area contributed by atoms with Gasteiger partial charge in [0.15, 0.2) is 6.61 Å². The fourth-order valence-corrected chi connectivity index (χ4v) is 2.47. The van der Waals surface area contributed by atoms with Gasteiger partial charge in [0.2, 0.25) is 0 Å². The van der Waals surface area contributed by atoms with E-state index in [1.54, 1.807) is 5.32 Å². The molecule has 2 amide bonds. The first-order valence-electron chi connectivity index (χ1n) is 8.51. The maximum Gasteiger partial charge on any atom is 0.471 e. The third kappa shape index (κ3) is 5.73. The molecule has 0 aliphatic rings. The van der Waals surface area contributed by atoms with E-state index in [1.807, 2.05) is 32.9 Å². The molecule has 0 bridgehead atoms. The number of ether oxygens (including phenoxy) is 1.